The van der Waals surface area contributed by atoms with E-state index in [0.29, 0.717) is 5.82 Å². The normalized spacial score (nSPS) is 12.2. The number of carbonyl (C=O) groups is 1. The maximum absolute atomic E-state index is 11.8. The summed E-state index contributed by atoms with van der Waals surface area (Å²) in [6.45, 7) is 3.72. The molecule has 0 bridgehead atoms. The van der Waals surface area contributed by atoms with Gasteiger partial charge in [-0.25, -0.2) is 4.98 Å². The van der Waals surface area contributed by atoms with Crippen molar-refractivity contribution in [2.24, 2.45) is 0 Å². The van der Waals surface area contributed by atoms with E-state index >= 15 is 0 Å². The molecule has 1 atom stereocenters. The molecule has 19 heavy (non-hydrogen) atoms. The summed E-state index contributed by atoms with van der Waals surface area (Å²) in [5, 5.41) is 9.36. The van der Waals surface area contributed by atoms with Gasteiger partial charge in [-0.1, -0.05) is 28.1 Å². The molecule has 1 aromatic heterocycles. The number of aryl methyl sites for hydroxylation is 1. The van der Waals surface area contributed by atoms with E-state index in [9.17, 15) is 4.79 Å². The molecule has 2 N–H and O–H groups in total. The molecule has 0 saturated heterocycles. The lowest BCUT2D eigenvalue weighted by Crippen LogP contribution is -2.34. The second kappa shape index (κ2) is 5.97. The lowest BCUT2D eigenvalue weighted by molar-refractivity contribution is 0.0930. The third-order valence-corrected chi connectivity index (χ3v) is 3.16. The quantitative estimate of drug-likeness (QED) is 0.906. The van der Waals surface area contributed by atoms with Gasteiger partial charge in [0.1, 0.15) is 5.82 Å². The first kappa shape index (κ1) is 13.7. The molecule has 0 aliphatic heterocycles. The van der Waals surface area contributed by atoms with Crippen molar-refractivity contribution in [2.45, 2.75) is 26.3 Å². The highest BCUT2D eigenvalue weighted by Crippen LogP contribution is 2.11. The van der Waals surface area contributed by atoms with Gasteiger partial charge < -0.3 is 5.32 Å². The van der Waals surface area contributed by atoms with Crippen LogP contribution >= 0.6 is 15.9 Å². The Morgan fingerprint density at radius 1 is 1.42 bits per heavy atom. The predicted octanol–water partition coefficient (Wildman–Crippen LogP) is 2.24. The van der Waals surface area contributed by atoms with E-state index in [1.54, 1.807) is 6.92 Å². The van der Waals surface area contributed by atoms with Gasteiger partial charge in [-0.15, -0.1) is 5.10 Å². The van der Waals surface area contributed by atoms with Gasteiger partial charge in [-0.2, -0.15) is 0 Å². The van der Waals surface area contributed by atoms with Gasteiger partial charge >= 0.3 is 0 Å². The van der Waals surface area contributed by atoms with Crippen LogP contribution in [0.2, 0.25) is 0 Å². The molecular formula is C13H15BrN4O. The Balaban J connectivity index is 1.92. The Kier molecular flexibility index (Phi) is 4.31. The first-order chi connectivity index (χ1) is 9.04. The molecule has 0 aliphatic rings. The largest absolute Gasteiger partial charge is 0.346 e. The van der Waals surface area contributed by atoms with Gasteiger partial charge in [0.25, 0.3) is 5.91 Å². The Hall–Kier alpha value is -1.69. The van der Waals surface area contributed by atoms with Crippen LogP contribution in [0.15, 0.2) is 28.7 Å². The van der Waals surface area contributed by atoms with Crippen LogP contribution in [0.1, 0.15) is 28.9 Å². The molecule has 5 nitrogen and oxygen atoms in total. The minimum absolute atomic E-state index is 0.0208. The molecule has 1 aromatic carbocycles. The van der Waals surface area contributed by atoms with Crippen LogP contribution in [0, 0.1) is 6.92 Å². The van der Waals surface area contributed by atoms with Crippen LogP contribution in [-0.2, 0) is 6.42 Å². The summed E-state index contributed by atoms with van der Waals surface area (Å²) in [6.07, 6.45) is 0.766. The van der Waals surface area contributed by atoms with Crippen LogP contribution < -0.4 is 5.32 Å². The molecule has 6 heteroatoms. The number of aromatic nitrogens is 3. The van der Waals surface area contributed by atoms with Gasteiger partial charge in [0.05, 0.1) is 0 Å². The highest BCUT2D eigenvalue weighted by Gasteiger charge is 2.14. The fourth-order valence-electron chi connectivity index (χ4n) is 1.76. The number of halogens is 1. The third-order valence-electron chi connectivity index (χ3n) is 2.63. The van der Waals surface area contributed by atoms with E-state index in [4.69, 9.17) is 0 Å². The number of hydrogen-bond acceptors (Lipinski definition) is 3. The minimum Gasteiger partial charge on any atom is -0.346 e. The second-order valence-electron chi connectivity index (χ2n) is 4.45. The third kappa shape index (κ3) is 3.89. The molecule has 1 heterocycles. The molecule has 0 aliphatic carbocycles. The summed E-state index contributed by atoms with van der Waals surface area (Å²) in [5.74, 6) is 0.555. The molecular weight excluding hydrogens is 308 g/mol. The molecule has 0 fully saturated rings. The van der Waals surface area contributed by atoms with Gasteiger partial charge in [-0.3, -0.25) is 9.89 Å². The maximum atomic E-state index is 11.8. The zero-order chi connectivity index (χ0) is 13.8. The number of carbonyl (C=O) groups excluding carboxylic acids is 1. The molecule has 100 valence electrons. The lowest BCUT2D eigenvalue weighted by Gasteiger charge is -2.12. The summed E-state index contributed by atoms with van der Waals surface area (Å²) in [4.78, 5) is 15.8. The first-order valence-electron chi connectivity index (χ1n) is 5.99. The van der Waals surface area contributed by atoms with E-state index in [1.807, 2.05) is 31.2 Å². The van der Waals surface area contributed by atoms with Crippen LogP contribution in [0.5, 0.6) is 0 Å². The standard InChI is InChI=1S/C13H15BrN4O/c1-8(7-10-3-5-11(14)6-4-10)15-13(19)12-16-9(2)17-18-12/h3-6,8H,7H2,1-2H3,(H,15,19)(H,16,17,18). The summed E-state index contributed by atoms with van der Waals surface area (Å²) in [5.41, 5.74) is 1.17. The van der Waals surface area contributed by atoms with Crippen molar-refractivity contribution in [3.05, 3.63) is 46.0 Å². The average molecular weight is 323 g/mol. The maximum Gasteiger partial charge on any atom is 0.291 e. The second-order valence-corrected chi connectivity index (χ2v) is 5.37. The zero-order valence-electron chi connectivity index (χ0n) is 10.8. The SMILES string of the molecule is Cc1nc(C(=O)NC(C)Cc2ccc(Br)cc2)n[nH]1. The van der Waals surface area contributed by atoms with Crippen LogP contribution in [0.4, 0.5) is 0 Å². The van der Waals surface area contributed by atoms with Gasteiger partial charge in [0, 0.05) is 10.5 Å². The predicted molar refractivity (Wildman–Crippen MR) is 75.9 cm³/mol. The average Bonchev–Trinajstić information content (AvgIpc) is 2.79. The van der Waals surface area contributed by atoms with Crippen molar-refractivity contribution < 1.29 is 4.79 Å². The van der Waals surface area contributed by atoms with E-state index in [-0.39, 0.29) is 17.8 Å². The lowest BCUT2D eigenvalue weighted by atomic mass is 10.1. The number of amides is 1. The van der Waals surface area contributed by atoms with Crippen LogP contribution in [-0.4, -0.2) is 27.1 Å². The fourth-order valence-corrected chi connectivity index (χ4v) is 2.02. The van der Waals surface area contributed by atoms with Gasteiger partial charge in [0.15, 0.2) is 0 Å². The molecule has 2 aromatic rings. The fraction of sp³-hybridized carbons (Fsp3) is 0.308. The van der Waals surface area contributed by atoms with Gasteiger partial charge in [0.2, 0.25) is 5.82 Å². The Bertz CT molecular complexity index is 564. The first-order valence-corrected chi connectivity index (χ1v) is 6.78. The van der Waals surface area contributed by atoms with Crippen molar-refractivity contribution in [3.8, 4) is 0 Å². The Morgan fingerprint density at radius 2 is 2.11 bits per heavy atom. The van der Waals surface area contributed by atoms with Crippen LogP contribution in [0.3, 0.4) is 0 Å². The summed E-state index contributed by atoms with van der Waals surface area (Å²) < 4.78 is 1.05. The van der Waals surface area contributed by atoms with E-state index < -0.39 is 0 Å². The molecule has 2 rings (SSSR count). The van der Waals surface area contributed by atoms with Crippen molar-refractivity contribution >= 4 is 21.8 Å². The minimum atomic E-state index is -0.256. The smallest absolute Gasteiger partial charge is 0.291 e. The molecule has 0 saturated carbocycles. The summed E-state index contributed by atoms with van der Waals surface area (Å²) in [7, 11) is 0. The molecule has 1 amide bonds. The molecule has 1 unspecified atom stereocenters. The van der Waals surface area contributed by atoms with Crippen LogP contribution in [0.25, 0.3) is 0 Å². The monoisotopic (exact) mass is 322 g/mol. The van der Waals surface area contributed by atoms with E-state index in [2.05, 4.69) is 36.4 Å². The topological polar surface area (TPSA) is 70.7 Å². The highest BCUT2D eigenvalue weighted by molar-refractivity contribution is 9.10. The number of rotatable bonds is 4. The molecule has 0 radical (unpaired) electrons. The number of aromatic amines is 1. The van der Waals surface area contributed by atoms with Crippen molar-refractivity contribution in [1.82, 2.24) is 20.5 Å². The Morgan fingerprint density at radius 3 is 2.68 bits per heavy atom. The number of nitrogens with zero attached hydrogens (tertiary/aromatic N) is 2. The van der Waals surface area contributed by atoms with E-state index in [1.165, 1.54) is 5.56 Å². The number of H-pyrrole nitrogens is 1. The Labute approximate surface area is 120 Å². The molecule has 0 spiro atoms. The van der Waals surface area contributed by atoms with Gasteiger partial charge in [-0.05, 0) is 38.0 Å². The summed E-state index contributed by atoms with van der Waals surface area (Å²) in [6, 6.07) is 8.06. The van der Waals surface area contributed by atoms with E-state index in [0.717, 1.165) is 10.9 Å². The van der Waals surface area contributed by atoms with Crippen molar-refractivity contribution in [2.75, 3.05) is 0 Å². The van der Waals surface area contributed by atoms with Crippen molar-refractivity contribution in [1.29, 1.82) is 0 Å². The number of benzene rings is 1. The van der Waals surface area contributed by atoms with Crippen molar-refractivity contribution in [3.63, 3.8) is 0 Å². The summed E-state index contributed by atoms with van der Waals surface area (Å²) >= 11 is 3.40. The number of hydrogen-bond donors (Lipinski definition) is 2. The number of nitrogens with one attached hydrogen (secondary N) is 2. The zero-order valence-corrected chi connectivity index (χ0v) is 12.4. The highest BCUT2D eigenvalue weighted by atomic mass is 79.9.